The molecule has 2 aromatic heterocycles. The lowest BCUT2D eigenvalue weighted by Crippen LogP contribution is -2.26. The number of H-pyrrole nitrogens is 1. The Bertz CT molecular complexity index is 1050. The van der Waals surface area contributed by atoms with Gasteiger partial charge in [0, 0.05) is 17.5 Å². The Morgan fingerprint density at radius 2 is 2.12 bits per heavy atom. The van der Waals surface area contributed by atoms with E-state index in [1.807, 2.05) is 13.0 Å². The normalized spacial score (nSPS) is 12.3. The number of halogens is 1. The molecule has 0 spiro atoms. The number of benzene rings is 1. The molecule has 1 atom stereocenters. The minimum Gasteiger partial charge on any atom is -0.345 e. The van der Waals surface area contributed by atoms with Gasteiger partial charge in [0.05, 0.1) is 21.3 Å². The van der Waals surface area contributed by atoms with Crippen LogP contribution in [-0.2, 0) is 7.05 Å². The fourth-order valence-corrected chi connectivity index (χ4v) is 3.62. The first-order valence-electron chi connectivity index (χ1n) is 7.16. The van der Waals surface area contributed by atoms with Gasteiger partial charge in [-0.3, -0.25) is 14.2 Å². The summed E-state index contributed by atoms with van der Waals surface area (Å²) in [4.78, 5) is 28.6. The van der Waals surface area contributed by atoms with E-state index in [-0.39, 0.29) is 17.5 Å². The number of carbonyl (C=O) groups is 1. The van der Waals surface area contributed by atoms with Crippen molar-refractivity contribution in [3.63, 3.8) is 0 Å². The van der Waals surface area contributed by atoms with E-state index in [1.165, 1.54) is 15.9 Å². The first-order valence-corrected chi connectivity index (χ1v) is 8.76. The van der Waals surface area contributed by atoms with Crippen molar-refractivity contribution < 1.29 is 4.79 Å². The minimum absolute atomic E-state index is 0.159. The van der Waals surface area contributed by atoms with Gasteiger partial charge in [0.2, 0.25) is 0 Å². The summed E-state index contributed by atoms with van der Waals surface area (Å²) in [7, 11) is 1.61. The zero-order chi connectivity index (χ0) is 17.4. The second-order valence-corrected chi connectivity index (χ2v) is 7.53. The van der Waals surface area contributed by atoms with Crippen molar-refractivity contribution in [2.75, 3.05) is 0 Å². The summed E-state index contributed by atoms with van der Waals surface area (Å²) in [6.07, 6.45) is 0. The summed E-state index contributed by atoms with van der Waals surface area (Å²) < 4.78 is 2.35. The second kappa shape index (κ2) is 6.51. The lowest BCUT2D eigenvalue weighted by Gasteiger charge is -2.12. The topological polar surface area (TPSA) is 66.9 Å². The van der Waals surface area contributed by atoms with Gasteiger partial charge in [0.25, 0.3) is 11.5 Å². The van der Waals surface area contributed by atoms with Crippen LogP contribution in [0.4, 0.5) is 0 Å². The fraction of sp³-hybridized carbons (Fsp3) is 0.188. The van der Waals surface area contributed by atoms with E-state index in [0.717, 1.165) is 4.88 Å². The predicted octanol–water partition coefficient (Wildman–Crippen LogP) is 3.80. The summed E-state index contributed by atoms with van der Waals surface area (Å²) in [6.45, 7) is 1.89. The number of thiophene rings is 1. The Kier molecular flexibility index (Phi) is 4.58. The molecule has 0 aliphatic carbocycles. The average Bonchev–Trinajstić information content (AvgIpc) is 2.99. The predicted molar refractivity (Wildman–Crippen MR) is 99.6 cm³/mol. The van der Waals surface area contributed by atoms with Gasteiger partial charge >= 0.3 is 0 Å². The molecular weight excluding hydrogens is 366 g/mol. The summed E-state index contributed by atoms with van der Waals surface area (Å²) in [6, 6.07) is 8.42. The maximum absolute atomic E-state index is 12.5. The van der Waals surface area contributed by atoms with Crippen LogP contribution in [0.1, 0.15) is 28.2 Å². The molecule has 1 amide bonds. The highest BCUT2D eigenvalue weighted by Crippen LogP contribution is 2.26. The molecule has 24 heavy (non-hydrogen) atoms. The molecule has 2 heterocycles. The summed E-state index contributed by atoms with van der Waals surface area (Å²) in [5.41, 5.74) is 0.806. The maximum Gasteiger partial charge on any atom is 0.261 e. The number of rotatable bonds is 3. The van der Waals surface area contributed by atoms with Crippen LogP contribution in [0.25, 0.3) is 10.9 Å². The van der Waals surface area contributed by atoms with Crippen LogP contribution < -0.4 is 10.9 Å². The van der Waals surface area contributed by atoms with Gasteiger partial charge in [-0.05, 0) is 49.5 Å². The van der Waals surface area contributed by atoms with Gasteiger partial charge < -0.3 is 10.3 Å². The van der Waals surface area contributed by atoms with Gasteiger partial charge in [0.1, 0.15) is 0 Å². The lowest BCUT2D eigenvalue weighted by molar-refractivity contribution is 0.0940. The van der Waals surface area contributed by atoms with Crippen LogP contribution in [-0.4, -0.2) is 15.5 Å². The second-order valence-electron chi connectivity index (χ2n) is 5.39. The molecule has 0 bridgehead atoms. The zero-order valence-corrected chi connectivity index (χ0v) is 15.3. The SMILES string of the molecule is C[C@H](NC(=O)c1ccc2c(=O)n(C)c(=S)[nH]c2c1)c1ccc(Cl)s1. The standard InChI is InChI=1S/C16H14ClN3O2S2/c1-8(12-5-6-13(17)24-12)18-14(21)9-3-4-10-11(7-9)19-16(23)20(2)15(10)22/h3-8H,1-2H3,(H,18,21)(H,19,23)/t8-/m0/s1. The number of nitrogens with zero attached hydrogens (tertiary/aromatic N) is 1. The molecule has 0 saturated carbocycles. The van der Waals surface area contributed by atoms with Gasteiger partial charge in [-0.1, -0.05) is 11.6 Å². The fourth-order valence-electron chi connectivity index (χ4n) is 2.36. The Morgan fingerprint density at radius 1 is 1.38 bits per heavy atom. The van der Waals surface area contributed by atoms with Crippen molar-refractivity contribution in [2.24, 2.45) is 7.05 Å². The number of fused-ring (bicyclic) bond motifs is 1. The minimum atomic E-state index is -0.228. The molecule has 0 fully saturated rings. The quantitative estimate of drug-likeness (QED) is 0.680. The molecule has 0 aliphatic heterocycles. The molecule has 3 rings (SSSR count). The van der Waals surface area contributed by atoms with Crippen LogP contribution in [0.5, 0.6) is 0 Å². The molecule has 3 aromatic rings. The average molecular weight is 380 g/mol. The molecule has 124 valence electrons. The van der Waals surface area contributed by atoms with E-state index in [1.54, 1.807) is 31.3 Å². The van der Waals surface area contributed by atoms with Gasteiger partial charge in [-0.25, -0.2) is 0 Å². The monoisotopic (exact) mass is 379 g/mol. The van der Waals surface area contributed by atoms with Crippen LogP contribution in [0.15, 0.2) is 35.1 Å². The number of amides is 1. The highest BCUT2D eigenvalue weighted by Gasteiger charge is 2.14. The van der Waals surface area contributed by atoms with E-state index < -0.39 is 0 Å². The Morgan fingerprint density at radius 3 is 2.79 bits per heavy atom. The highest BCUT2D eigenvalue weighted by molar-refractivity contribution is 7.71. The number of hydrogen-bond acceptors (Lipinski definition) is 4. The van der Waals surface area contributed by atoms with Crippen LogP contribution in [0, 0.1) is 4.77 Å². The molecule has 5 nitrogen and oxygen atoms in total. The van der Waals surface area contributed by atoms with Crippen molar-refractivity contribution in [1.29, 1.82) is 0 Å². The lowest BCUT2D eigenvalue weighted by atomic mass is 10.1. The number of aromatic nitrogens is 2. The summed E-state index contributed by atoms with van der Waals surface area (Å²) in [5.74, 6) is -0.228. The van der Waals surface area contributed by atoms with Crippen molar-refractivity contribution in [3.8, 4) is 0 Å². The molecule has 8 heteroatoms. The Balaban J connectivity index is 1.91. The molecule has 2 N–H and O–H groups in total. The van der Waals surface area contributed by atoms with Crippen LogP contribution in [0.3, 0.4) is 0 Å². The number of hydrogen-bond donors (Lipinski definition) is 2. The van der Waals surface area contributed by atoms with E-state index >= 15 is 0 Å². The highest BCUT2D eigenvalue weighted by atomic mass is 35.5. The Labute approximate surface area is 151 Å². The summed E-state index contributed by atoms with van der Waals surface area (Å²) in [5, 5.41) is 3.41. The van der Waals surface area contributed by atoms with E-state index in [9.17, 15) is 9.59 Å². The van der Waals surface area contributed by atoms with Crippen molar-refractivity contribution in [1.82, 2.24) is 14.9 Å². The first-order chi connectivity index (χ1) is 11.4. The van der Waals surface area contributed by atoms with Gasteiger partial charge in [-0.2, -0.15) is 0 Å². The van der Waals surface area contributed by atoms with Crippen molar-refractivity contribution in [3.05, 3.63) is 60.2 Å². The summed E-state index contributed by atoms with van der Waals surface area (Å²) >= 11 is 12.5. The maximum atomic E-state index is 12.5. The smallest absolute Gasteiger partial charge is 0.261 e. The number of aromatic amines is 1. The number of carbonyl (C=O) groups excluding carboxylic acids is 1. The number of nitrogens with one attached hydrogen (secondary N) is 2. The molecular formula is C16H14ClN3O2S2. The zero-order valence-electron chi connectivity index (χ0n) is 12.9. The molecule has 0 aliphatic rings. The van der Waals surface area contributed by atoms with E-state index in [2.05, 4.69) is 10.3 Å². The third-order valence-corrected chi connectivity index (χ3v) is 5.52. The van der Waals surface area contributed by atoms with E-state index in [4.69, 9.17) is 23.8 Å². The van der Waals surface area contributed by atoms with Gasteiger partial charge in [-0.15, -0.1) is 11.3 Å². The molecule has 0 radical (unpaired) electrons. The largest absolute Gasteiger partial charge is 0.345 e. The van der Waals surface area contributed by atoms with Crippen LogP contribution in [0.2, 0.25) is 4.34 Å². The molecule has 0 unspecified atom stereocenters. The third kappa shape index (κ3) is 3.15. The van der Waals surface area contributed by atoms with Crippen molar-refractivity contribution >= 4 is 52.0 Å². The third-order valence-electron chi connectivity index (χ3n) is 3.73. The van der Waals surface area contributed by atoms with Crippen molar-refractivity contribution in [2.45, 2.75) is 13.0 Å². The first kappa shape index (κ1) is 16.9. The molecule has 0 saturated heterocycles. The Hall–Kier alpha value is -1.96. The van der Waals surface area contributed by atoms with Crippen LogP contribution >= 0.6 is 35.2 Å². The van der Waals surface area contributed by atoms with E-state index in [0.29, 0.717) is 25.6 Å². The van der Waals surface area contributed by atoms with Gasteiger partial charge in [0.15, 0.2) is 4.77 Å². The molecule has 1 aromatic carbocycles.